The van der Waals surface area contributed by atoms with Crippen LogP contribution >= 0.6 is 11.6 Å². The summed E-state index contributed by atoms with van der Waals surface area (Å²) in [5.74, 6) is -0.379. The van der Waals surface area contributed by atoms with Crippen LogP contribution < -0.4 is 0 Å². The number of halogens is 2. The number of carbonyl (C=O) groups excluding carboxylic acids is 1. The minimum atomic E-state index is -0.298. The van der Waals surface area contributed by atoms with Crippen molar-refractivity contribution in [1.82, 2.24) is 24.4 Å². The van der Waals surface area contributed by atoms with Crippen LogP contribution in [0.2, 0.25) is 5.02 Å². The number of benzene rings is 1. The minimum Gasteiger partial charge on any atom is -0.336 e. The predicted octanol–water partition coefficient (Wildman–Crippen LogP) is 2.48. The van der Waals surface area contributed by atoms with Gasteiger partial charge in [0.2, 0.25) is 0 Å². The van der Waals surface area contributed by atoms with Crippen molar-refractivity contribution < 1.29 is 9.18 Å². The van der Waals surface area contributed by atoms with Crippen LogP contribution in [0.15, 0.2) is 42.9 Å². The first kappa shape index (κ1) is 16.9. The Balaban J connectivity index is 1.43. The van der Waals surface area contributed by atoms with Gasteiger partial charge < -0.3 is 4.90 Å². The first-order valence-electron chi connectivity index (χ1n) is 8.36. The molecule has 3 heterocycles. The standard InChI is InChI=1S/C18H17ClFN5O/c19-15-3-1-4-16(20)14(15)12-23-7-9-24(10-8-23)18(26)13-11-22-25-6-2-5-21-17(13)25/h1-6,11H,7-10,12H2. The van der Waals surface area contributed by atoms with Gasteiger partial charge >= 0.3 is 0 Å². The molecule has 1 aromatic carbocycles. The maximum atomic E-state index is 14.0. The van der Waals surface area contributed by atoms with E-state index in [1.807, 2.05) is 0 Å². The predicted molar refractivity (Wildman–Crippen MR) is 95.6 cm³/mol. The molecule has 8 heteroatoms. The molecule has 0 saturated carbocycles. The smallest absolute Gasteiger partial charge is 0.259 e. The van der Waals surface area contributed by atoms with E-state index >= 15 is 0 Å². The van der Waals surface area contributed by atoms with E-state index in [0.717, 1.165) is 0 Å². The highest BCUT2D eigenvalue weighted by Crippen LogP contribution is 2.22. The van der Waals surface area contributed by atoms with Crippen LogP contribution in [-0.2, 0) is 6.54 Å². The lowest BCUT2D eigenvalue weighted by molar-refractivity contribution is 0.0628. The number of hydrogen-bond acceptors (Lipinski definition) is 4. The van der Waals surface area contributed by atoms with Crippen molar-refractivity contribution in [2.75, 3.05) is 26.2 Å². The van der Waals surface area contributed by atoms with Crippen molar-refractivity contribution in [3.63, 3.8) is 0 Å². The monoisotopic (exact) mass is 373 g/mol. The normalized spacial score (nSPS) is 15.5. The average Bonchev–Trinajstić information content (AvgIpc) is 3.09. The zero-order chi connectivity index (χ0) is 18.1. The molecule has 134 valence electrons. The number of amides is 1. The molecule has 0 bridgehead atoms. The molecule has 2 aromatic heterocycles. The number of hydrogen-bond donors (Lipinski definition) is 0. The highest BCUT2D eigenvalue weighted by atomic mass is 35.5. The van der Waals surface area contributed by atoms with Gasteiger partial charge in [-0.15, -0.1) is 0 Å². The maximum absolute atomic E-state index is 14.0. The van der Waals surface area contributed by atoms with Crippen LogP contribution in [0.25, 0.3) is 5.65 Å². The summed E-state index contributed by atoms with van der Waals surface area (Å²) < 4.78 is 15.5. The zero-order valence-electron chi connectivity index (χ0n) is 14.0. The Morgan fingerprint density at radius 1 is 1.19 bits per heavy atom. The highest BCUT2D eigenvalue weighted by Gasteiger charge is 2.25. The largest absolute Gasteiger partial charge is 0.336 e. The lowest BCUT2D eigenvalue weighted by atomic mass is 10.1. The van der Waals surface area contributed by atoms with Gasteiger partial charge in [-0.05, 0) is 18.2 Å². The first-order valence-corrected chi connectivity index (χ1v) is 8.74. The van der Waals surface area contributed by atoms with Gasteiger partial charge in [-0.2, -0.15) is 5.10 Å². The Kier molecular flexibility index (Phi) is 4.57. The summed E-state index contributed by atoms with van der Waals surface area (Å²) in [7, 11) is 0. The Morgan fingerprint density at radius 2 is 2.00 bits per heavy atom. The number of aromatic nitrogens is 3. The SMILES string of the molecule is O=C(c1cnn2cccnc12)N1CCN(Cc2c(F)cccc2Cl)CC1. The van der Waals surface area contributed by atoms with Gasteiger partial charge in [0.1, 0.15) is 11.4 Å². The van der Waals surface area contributed by atoms with E-state index in [-0.39, 0.29) is 11.7 Å². The van der Waals surface area contributed by atoms with Crippen molar-refractivity contribution in [1.29, 1.82) is 0 Å². The van der Waals surface area contributed by atoms with Crippen molar-refractivity contribution in [3.8, 4) is 0 Å². The summed E-state index contributed by atoms with van der Waals surface area (Å²) in [4.78, 5) is 20.9. The molecule has 0 spiro atoms. The van der Waals surface area contributed by atoms with Crippen LogP contribution in [0.1, 0.15) is 15.9 Å². The number of fused-ring (bicyclic) bond motifs is 1. The summed E-state index contributed by atoms with van der Waals surface area (Å²) in [5.41, 5.74) is 1.55. The van der Waals surface area contributed by atoms with E-state index in [1.165, 1.54) is 6.07 Å². The fourth-order valence-corrected chi connectivity index (χ4v) is 3.39. The fraction of sp³-hybridized carbons (Fsp3) is 0.278. The number of carbonyl (C=O) groups is 1. The lowest BCUT2D eigenvalue weighted by Gasteiger charge is -2.34. The molecular weight excluding hydrogens is 357 g/mol. The van der Waals surface area contributed by atoms with E-state index in [4.69, 9.17) is 11.6 Å². The van der Waals surface area contributed by atoms with Crippen LogP contribution in [0.3, 0.4) is 0 Å². The molecule has 1 aliphatic rings. The van der Waals surface area contributed by atoms with Crippen molar-refractivity contribution in [2.45, 2.75) is 6.54 Å². The molecular formula is C18H17ClFN5O. The molecule has 26 heavy (non-hydrogen) atoms. The van der Waals surface area contributed by atoms with Gasteiger partial charge in [0.25, 0.3) is 5.91 Å². The van der Waals surface area contributed by atoms with E-state index in [0.29, 0.717) is 54.5 Å². The highest BCUT2D eigenvalue weighted by molar-refractivity contribution is 6.31. The topological polar surface area (TPSA) is 53.7 Å². The summed E-state index contributed by atoms with van der Waals surface area (Å²) in [6.45, 7) is 2.88. The Bertz CT molecular complexity index is 931. The molecule has 0 N–H and O–H groups in total. The Labute approximate surface area is 154 Å². The van der Waals surface area contributed by atoms with Crippen molar-refractivity contribution in [2.24, 2.45) is 0 Å². The molecule has 4 rings (SSSR count). The van der Waals surface area contributed by atoms with Crippen LogP contribution in [-0.4, -0.2) is 56.5 Å². The molecule has 0 unspecified atom stereocenters. The zero-order valence-corrected chi connectivity index (χ0v) is 14.7. The maximum Gasteiger partial charge on any atom is 0.259 e. The molecule has 6 nitrogen and oxygen atoms in total. The van der Waals surface area contributed by atoms with Gasteiger partial charge in [0, 0.05) is 55.7 Å². The first-order chi connectivity index (χ1) is 12.6. The molecule has 3 aromatic rings. The van der Waals surface area contributed by atoms with E-state index in [9.17, 15) is 9.18 Å². The second-order valence-corrected chi connectivity index (χ2v) is 6.62. The quantitative estimate of drug-likeness (QED) is 0.707. The molecule has 0 atom stereocenters. The molecule has 1 fully saturated rings. The number of nitrogens with zero attached hydrogens (tertiary/aromatic N) is 5. The Morgan fingerprint density at radius 3 is 2.77 bits per heavy atom. The van der Waals surface area contributed by atoms with Gasteiger partial charge in [-0.3, -0.25) is 9.69 Å². The van der Waals surface area contributed by atoms with E-state index in [1.54, 1.807) is 46.2 Å². The second-order valence-electron chi connectivity index (χ2n) is 6.21. The summed E-state index contributed by atoms with van der Waals surface area (Å²) >= 11 is 6.10. The van der Waals surface area contributed by atoms with Crippen molar-refractivity contribution >= 4 is 23.2 Å². The third-order valence-corrected chi connectivity index (χ3v) is 4.97. The van der Waals surface area contributed by atoms with E-state index in [2.05, 4.69) is 15.0 Å². The third kappa shape index (κ3) is 3.15. The molecule has 1 aliphatic heterocycles. The minimum absolute atomic E-state index is 0.0812. The van der Waals surface area contributed by atoms with Crippen LogP contribution in [0.4, 0.5) is 4.39 Å². The third-order valence-electron chi connectivity index (χ3n) is 4.61. The van der Waals surface area contributed by atoms with Crippen molar-refractivity contribution in [3.05, 3.63) is 64.8 Å². The molecule has 0 radical (unpaired) electrons. The molecule has 1 amide bonds. The van der Waals surface area contributed by atoms with Gasteiger partial charge in [-0.1, -0.05) is 17.7 Å². The second kappa shape index (κ2) is 7.01. The van der Waals surface area contributed by atoms with Crippen LogP contribution in [0, 0.1) is 5.82 Å². The molecule has 1 saturated heterocycles. The average molecular weight is 374 g/mol. The van der Waals surface area contributed by atoms with Crippen LogP contribution in [0.5, 0.6) is 0 Å². The Hall–Kier alpha value is -2.51. The molecule has 0 aliphatic carbocycles. The van der Waals surface area contributed by atoms with Gasteiger partial charge in [-0.25, -0.2) is 13.9 Å². The summed E-state index contributed by atoms with van der Waals surface area (Å²) in [6.07, 6.45) is 4.95. The van der Waals surface area contributed by atoms with E-state index < -0.39 is 0 Å². The van der Waals surface area contributed by atoms with Gasteiger partial charge in [0.05, 0.1) is 6.20 Å². The fourth-order valence-electron chi connectivity index (χ4n) is 3.16. The number of piperazine rings is 1. The number of rotatable bonds is 3. The summed E-state index contributed by atoms with van der Waals surface area (Å²) in [5, 5.41) is 4.60. The summed E-state index contributed by atoms with van der Waals surface area (Å²) in [6, 6.07) is 6.47. The van der Waals surface area contributed by atoms with Gasteiger partial charge in [0.15, 0.2) is 5.65 Å². The lowest BCUT2D eigenvalue weighted by Crippen LogP contribution is -2.48.